The molecule has 0 unspecified atom stereocenters. The van der Waals surface area contributed by atoms with Crippen LogP contribution in [0.25, 0.3) is 0 Å². The second-order valence-corrected chi connectivity index (χ2v) is 3.88. The van der Waals surface area contributed by atoms with Crippen molar-refractivity contribution < 1.29 is 22.0 Å². The van der Waals surface area contributed by atoms with E-state index >= 15 is 0 Å². The average molecular weight is 285 g/mol. The van der Waals surface area contributed by atoms with Gasteiger partial charge < -0.3 is 0 Å². The highest BCUT2D eigenvalue weighted by atomic mass is 19.2. The number of nitrogens with zero attached hydrogens (tertiary/aromatic N) is 1. The molecule has 0 spiro atoms. The highest BCUT2D eigenvalue weighted by molar-refractivity contribution is 6.13. The summed E-state index contributed by atoms with van der Waals surface area (Å²) >= 11 is 0. The van der Waals surface area contributed by atoms with Gasteiger partial charge in [-0.1, -0.05) is 30.3 Å². The van der Waals surface area contributed by atoms with Crippen molar-refractivity contribution in [2.24, 2.45) is 4.99 Å². The number of rotatable bonds is 2. The molecule has 20 heavy (non-hydrogen) atoms. The topological polar surface area (TPSA) is 12.4 Å². The fourth-order valence-electron chi connectivity index (χ4n) is 1.79. The van der Waals surface area contributed by atoms with Crippen LogP contribution >= 0.6 is 0 Å². The molecule has 0 N–H and O–H groups in total. The lowest BCUT2D eigenvalue weighted by atomic mass is 10.0. The molecule has 104 valence electrons. The molecule has 1 nitrogen and oxygen atoms in total. The Morgan fingerprint density at radius 1 is 0.750 bits per heavy atom. The van der Waals surface area contributed by atoms with Gasteiger partial charge in [0.2, 0.25) is 5.82 Å². The van der Waals surface area contributed by atoms with Crippen LogP contribution in [-0.4, -0.2) is 12.8 Å². The first-order valence-electron chi connectivity index (χ1n) is 5.53. The van der Waals surface area contributed by atoms with Crippen molar-refractivity contribution in [3.05, 3.63) is 70.5 Å². The quantitative estimate of drug-likeness (QED) is 0.344. The van der Waals surface area contributed by atoms with Crippen molar-refractivity contribution in [2.45, 2.75) is 0 Å². The van der Waals surface area contributed by atoms with E-state index in [9.17, 15) is 22.0 Å². The fraction of sp³-hybridized carbons (Fsp3) is 0.0714. The minimum atomic E-state index is -2.19. The second-order valence-electron chi connectivity index (χ2n) is 3.88. The summed E-state index contributed by atoms with van der Waals surface area (Å²) in [6.07, 6.45) is 0. The van der Waals surface area contributed by atoms with Crippen LogP contribution in [0.2, 0.25) is 0 Å². The fourth-order valence-corrected chi connectivity index (χ4v) is 1.79. The molecule has 2 rings (SSSR count). The molecule has 0 fully saturated rings. The van der Waals surface area contributed by atoms with Gasteiger partial charge in [0.05, 0.1) is 11.3 Å². The maximum atomic E-state index is 13.7. The molecule has 0 aromatic heterocycles. The molecule has 0 saturated heterocycles. The molecule has 0 aliphatic carbocycles. The lowest BCUT2D eigenvalue weighted by Gasteiger charge is -2.10. The SMILES string of the molecule is C/N=C(/c1ccccc1)c1c(F)c(F)c(F)c(F)c1F. The van der Waals surface area contributed by atoms with Crippen LogP contribution in [0, 0.1) is 29.1 Å². The van der Waals surface area contributed by atoms with Crippen molar-refractivity contribution in [3.63, 3.8) is 0 Å². The van der Waals surface area contributed by atoms with Crippen LogP contribution < -0.4 is 0 Å². The Hall–Kier alpha value is -2.24. The van der Waals surface area contributed by atoms with Crippen LogP contribution in [0.3, 0.4) is 0 Å². The molecule has 0 saturated carbocycles. The van der Waals surface area contributed by atoms with E-state index in [4.69, 9.17) is 0 Å². The summed E-state index contributed by atoms with van der Waals surface area (Å²) in [6, 6.07) is 7.69. The molecule has 0 atom stereocenters. The summed E-state index contributed by atoms with van der Waals surface area (Å²) in [5.74, 6) is -9.96. The predicted octanol–water partition coefficient (Wildman–Crippen LogP) is 3.85. The van der Waals surface area contributed by atoms with Gasteiger partial charge in [-0.25, -0.2) is 22.0 Å². The minimum Gasteiger partial charge on any atom is -0.287 e. The van der Waals surface area contributed by atoms with Crippen molar-refractivity contribution in [1.29, 1.82) is 0 Å². The average Bonchev–Trinajstić information content (AvgIpc) is 2.48. The summed E-state index contributed by atoms with van der Waals surface area (Å²) in [5.41, 5.74) is -1.09. The van der Waals surface area contributed by atoms with Gasteiger partial charge in [-0.3, -0.25) is 4.99 Å². The molecule has 0 amide bonds. The molecule has 2 aromatic rings. The molecule has 0 aliphatic rings. The van der Waals surface area contributed by atoms with Gasteiger partial charge >= 0.3 is 0 Å². The molecular formula is C14H8F5N. The lowest BCUT2D eigenvalue weighted by Crippen LogP contribution is -2.14. The third-order valence-corrected chi connectivity index (χ3v) is 2.72. The monoisotopic (exact) mass is 285 g/mol. The van der Waals surface area contributed by atoms with E-state index in [0.717, 1.165) is 0 Å². The van der Waals surface area contributed by atoms with Gasteiger partial charge in [0, 0.05) is 12.6 Å². The smallest absolute Gasteiger partial charge is 0.200 e. The highest BCUT2D eigenvalue weighted by Crippen LogP contribution is 2.25. The summed E-state index contributed by atoms with van der Waals surface area (Å²) in [7, 11) is 1.21. The van der Waals surface area contributed by atoms with E-state index in [0.29, 0.717) is 0 Å². The summed E-state index contributed by atoms with van der Waals surface area (Å²) in [5, 5.41) is 0. The second kappa shape index (κ2) is 5.40. The van der Waals surface area contributed by atoms with Crippen LogP contribution in [0.4, 0.5) is 22.0 Å². The molecule has 2 aromatic carbocycles. The van der Waals surface area contributed by atoms with E-state index in [2.05, 4.69) is 4.99 Å². The Bertz CT molecular complexity index is 651. The third kappa shape index (κ3) is 2.17. The number of hydrogen-bond acceptors (Lipinski definition) is 1. The van der Waals surface area contributed by atoms with Crippen molar-refractivity contribution >= 4 is 5.71 Å². The lowest BCUT2D eigenvalue weighted by molar-refractivity contribution is 0.377. The van der Waals surface area contributed by atoms with E-state index in [-0.39, 0.29) is 11.3 Å². The molecule has 0 radical (unpaired) electrons. The normalized spacial score (nSPS) is 11.8. The maximum absolute atomic E-state index is 13.7. The van der Waals surface area contributed by atoms with Crippen molar-refractivity contribution in [2.75, 3.05) is 7.05 Å². The Morgan fingerprint density at radius 3 is 1.65 bits per heavy atom. The van der Waals surface area contributed by atoms with Gasteiger partial charge in [0.15, 0.2) is 23.3 Å². The first kappa shape index (κ1) is 14.2. The third-order valence-electron chi connectivity index (χ3n) is 2.72. The summed E-state index contributed by atoms with van der Waals surface area (Å²) in [4.78, 5) is 3.64. The van der Waals surface area contributed by atoms with Gasteiger partial charge in [-0.2, -0.15) is 0 Å². The predicted molar refractivity (Wildman–Crippen MR) is 64.2 cm³/mol. The molecule has 0 bridgehead atoms. The zero-order valence-electron chi connectivity index (χ0n) is 10.2. The van der Waals surface area contributed by atoms with E-state index in [1.54, 1.807) is 18.2 Å². The largest absolute Gasteiger partial charge is 0.287 e. The van der Waals surface area contributed by atoms with Gasteiger partial charge in [0.25, 0.3) is 0 Å². The number of halogens is 5. The first-order valence-corrected chi connectivity index (χ1v) is 5.53. The van der Waals surface area contributed by atoms with Crippen molar-refractivity contribution in [3.8, 4) is 0 Å². The standard InChI is InChI=1S/C14H8F5N/c1-20-14(7-5-3-2-4-6-7)8-9(15)11(17)13(19)12(18)10(8)16/h2-6H,1H3/b20-14-. The molecule has 0 aliphatic heterocycles. The Labute approximate surface area is 111 Å². The molecule has 6 heteroatoms. The van der Waals surface area contributed by atoms with Crippen LogP contribution in [0.15, 0.2) is 35.3 Å². The van der Waals surface area contributed by atoms with Crippen LogP contribution in [0.5, 0.6) is 0 Å². The minimum absolute atomic E-state index is 0.248. The first-order chi connectivity index (χ1) is 9.49. The van der Waals surface area contributed by atoms with E-state index in [1.807, 2.05) is 0 Å². The zero-order chi connectivity index (χ0) is 14.9. The van der Waals surface area contributed by atoms with Gasteiger partial charge in [0.1, 0.15) is 0 Å². The van der Waals surface area contributed by atoms with Crippen LogP contribution in [-0.2, 0) is 0 Å². The van der Waals surface area contributed by atoms with Crippen LogP contribution in [0.1, 0.15) is 11.1 Å². The maximum Gasteiger partial charge on any atom is 0.200 e. The molecule has 0 heterocycles. The van der Waals surface area contributed by atoms with Gasteiger partial charge in [-0.05, 0) is 0 Å². The molecular weight excluding hydrogens is 277 g/mol. The van der Waals surface area contributed by atoms with Crippen molar-refractivity contribution in [1.82, 2.24) is 0 Å². The zero-order valence-corrected chi connectivity index (χ0v) is 10.2. The van der Waals surface area contributed by atoms with E-state index in [1.165, 1.54) is 19.2 Å². The van der Waals surface area contributed by atoms with Gasteiger partial charge in [-0.15, -0.1) is 0 Å². The highest BCUT2D eigenvalue weighted by Gasteiger charge is 2.28. The van der Waals surface area contributed by atoms with E-state index < -0.39 is 34.6 Å². The number of benzene rings is 2. The summed E-state index contributed by atoms with van der Waals surface area (Å²) < 4.78 is 66.8. The summed E-state index contributed by atoms with van der Waals surface area (Å²) in [6.45, 7) is 0. The number of hydrogen-bond donors (Lipinski definition) is 0. The Kier molecular flexibility index (Phi) is 3.83. The Balaban J connectivity index is 2.76. The number of aliphatic imine (C=N–C) groups is 1. The Morgan fingerprint density at radius 2 is 1.20 bits per heavy atom.